The number of methoxy groups -OCH3 is 1. The minimum Gasteiger partial charge on any atom is -0.469 e. The molecular formula is C15H18N2O2S. The van der Waals surface area contributed by atoms with Crippen LogP contribution >= 0.6 is 11.8 Å². The maximum atomic E-state index is 11.6. The zero-order valence-electron chi connectivity index (χ0n) is 11.5. The Bertz CT molecular complexity index is 518. The minimum atomic E-state index is -0.101. The number of amidine groups is 1. The van der Waals surface area contributed by atoms with Gasteiger partial charge in [-0.25, -0.2) is 0 Å². The third-order valence-corrected chi connectivity index (χ3v) is 4.92. The molecular weight excluding hydrogens is 272 g/mol. The molecule has 0 aromatic heterocycles. The summed E-state index contributed by atoms with van der Waals surface area (Å²) in [6.07, 6.45) is 0.863. The van der Waals surface area contributed by atoms with E-state index < -0.39 is 0 Å². The molecule has 106 valence electrons. The van der Waals surface area contributed by atoms with Gasteiger partial charge in [0.15, 0.2) is 5.17 Å². The summed E-state index contributed by atoms with van der Waals surface area (Å²) >= 11 is 1.79. The fourth-order valence-electron chi connectivity index (χ4n) is 2.67. The van der Waals surface area contributed by atoms with Gasteiger partial charge in [-0.3, -0.25) is 9.79 Å². The molecule has 2 aliphatic rings. The second kappa shape index (κ2) is 5.87. The molecule has 1 saturated heterocycles. The Labute approximate surface area is 123 Å². The number of likely N-dealkylation sites (tertiary alicyclic amines) is 1. The normalized spacial score (nSPS) is 25.6. The average molecular weight is 290 g/mol. The number of carbonyl (C=O) groups is 1. The maximum Gasteiger partial charge on any atom is 0.310 e. The molecule has 4 nitrogen and oxygen atoms in total. The number of hydrogen-bond acceptors (Lipinski definition) is 5. The van der Waals surface area contributed by atoms with Gasteiger partial charge in [-0.1, -0.05) is 42.1 Å². The van der Waals surface area contributed by atoms with Crippen LogP contribution in [0.1, 0.15) is 18.0 Å². The topological polar surface area (TPSA) is 41.9 Å². The van der Waals surface area contributed by atoms with Crippen molar-refractivity contribution in [2.24, 2.45) is 10.9 Å². The van der Waals surface area contributed by atoms with Crippen molar-refractivity contribution >= 4 is 22.9 Å². The van der Waals surface area contributed by atoms with E-state index in [1.54, 1.807) is 11.8 Å². The van der Waals surface area contributed by atoms with Crippen LogP contribution in [0, 0.1) is 5.92 Å². The van der Waals surface area contributed by atoms with E-state index in [9.17, 15) is 4.79 Å². The highest BCUT2D eigenvalue weighted by atomic mass is 32.2. The molecule has 0 aliphatic carbocycles. The van der Waals surface area contributed by atoms with Crippen LogP contribution < -0.4 is 0 Å². The number of rotatable bonds is 2. The van der Waals surface area contributed by atoms with E-state index in [1.807, 2.05) is 6.07 Å². The molecule has 0 amide bonds. The minimum absolute atomic E-state index is 0.000856. The van der Waals surface area contributed by atoms with Gasteiger partial charge >= 0.3 is 5.97 Å². The largest absolute Gasteiger partial charge is 0.469 e. The Hall–Kier alpha value is -1.49. The number of ether oxygens (including phenoxy) is 1. The van der Waals surface area contributed by atoms with Crippen molar-refractivity contribution < 1.29 is 9.53 Å². The first-order valence-electron chi connectivity index (χ1n) is 6.86. The molecule has 0 radical (unpaired) electrons. The van der Waals surface area contributed by atoms with Gasteiger partial charge in [0.25, 0.3) is 0 Å². The van der Waals surface area contributed by atoms with Crippen LogP contribution in [-0.4, -0.2) is 42.0 Å². The van der Waals surface area contributed by atoms with Gasteiger partial charge in [0.1, 0.15) is 0 Å². The first kappa shape index (κ1) is 13.5. The van der Waals surface area contributed by atoms with Gasteiger partial charge in [0.05, 0.1) is 19.1 Å². The number of carbonyl (C=O) groups excluding carboxylic acids is 1. The Morgan fingerprint density at radius 1 is 1.40 bits per heavy atom. The standard InChI is InChI=1S/C15H18N2O2S/c1-19-14(18)12-7-8-17(9-12)15-16-13(10-20-15)11-5-3-2-4-6-11/h2-6,12-13H,7-10H2,1H3. The number of nitrogens with zero attached hydrogens (tertiary/aromatic N) is 2. The molecule has 2 heterocycles. The van der Waals surface area contributed by atoms with E-state index in [1.165, 1.54) is 12.7 Å². The fraction of sp³-hybridized carbons (Fsp3) is 0.467. The Balaban J connectivity index is 1.66. The zero-order chi connectivity index (χ0) is 13.9. The summed E-state index contributed by atoms with van der Waals surface area (Å²) in [7, 11) is 1.46. The highest BCUT2D eigenvalue weighted by Gasteiger charge is 2.33. The maximum absolute atomic E-state index is 11.6. The quantitative estimate of drug-likeness (QED) is 0.784. The SMILES string of the molecule is COC(=O)C1CCN(C2=NC(c3ccccc3)CS2)C1. The highest BCUT2D eigenvalue weighted by Crippen LogP contribution is 2.33. The number of esters is 1. The lowest BCUT2D eigenvalue weighted by Crippen LogP contribution is -2.27. The van der Waals surface area contributed by atoms with Crippen molar-refractivity contribution in [2.75, 3.05) is 26.0 Å². The van der Waals surface area contributed by atoms with Gasteiger partial charge < -0.3 is 9.64 Å². The molecule has 20 heavy (non-hydrogen) atoms. The van der Waals surface area contributed by atoms with E-state index in [4.69, 9.17) is 9.73 Å². The van der Waals surface area contributed by atoms with Crippen molar-refractivity contribution in [3.8, 4) is 0 Å². The molecule has 0 N–H and O–H groups in total. The average Bonchev–Trinajstić information content (AvgIpc) is 3.16. The summed E-state index contributed by atoms with van der Waals surface area (Å²) in [5, 5.41) is 1.07. The second-order valence-electron chi connectivity index (χ2n) is 5.10. The van der Waals surface area contributed by atoms with E-state index in [0.29, 0.717) is 0 Å². The lowest BCUT2D eigenvalue weighted by molar-refractivity contribution is -0.144. The molecule has 1 fully saturated rings. The molecule has 2 atom stereocenters. The van der Waals surface area contributed by atoms with Crippen molar-refractivity contribution in [1.82, 2.24) is 4.90 Å². The summed E-state index contributed by atoms with van der Waals surface area (Å²) in [6, 6.07) is 10.6. The van der Waals surface area contributed by atoms with Crippen LogP contribution in [0.2, 0.25) is 0 Å². The van der Waals surface area contributed by atoms with E-state index in [2.05, 4.69) is 29.2 Å². The Kier molecular flexibility index (Phi) is 3.96. The summed E-state index contributed by atoms with van der Waals surface area (Å²) in [6.45, 7) is 1.63. The first-order chi connectivity index (χ1) is 9.78. The zero-order valence-corrected chi connectivity index (χ0v) is 12.3. The Morgan fingerprint density at radius 3 is 2.95 bits per heavy atom. The van der Waals surface area contributed by atoms with Crippen LogP contribution in [0.4, 0.5) is 0 Å². The lowest BCUT2D eigenvalue weighted by Gasteiger charge is -2.16. The van der Waals surface area contributed by atoms with E-state index >= 15 is 0 Å². The number of aliphatic imine (C=N–C) groups is 1. The smallest absolute Gasteiger partial charge is 0.310 e. The first-order valence-corrected chi connectivity index (χ1v) is 7.85. The van der Waals surface area contributed by atoms with Gasteiger partial charge in [-0.2, -0.15) is 0 Å². The monoisotopic (exact) mass is 290 g/mol. The molecule has 0 spiro atoms. The van der Waals surface area contributed by atoms with Gasteiger partial charge in [0.2, 0.25) is 0 Å². The Morgan fingerprint density at radius 2 is 2.20 bits per heavy atom. The molecule has 0 bridgehead atoms. The summed E-state index contributed by atoms with van der Waals surface area (Å²) < 4.78 is 4.82. The predicted molar refractivity (Wildman–Crippen MR) is 80.8 cm³/mol. The molecule has 2 unspecified atom stereocenters. The number of thioether (sulfide) groups is 1. The summed E-state index contributed by atoms with van der Waals surface area (Å²) in [5.41, 5.74) is 1.26. The van der Waals surface area contributed by atoms with Crippen LogP contribution in [0.5, 0.6) is 0 Å². The van der Waals surface area contributed by atoms with Crippen molar-refractivity contribution in [2.45, 2.75) is 12.5 Å². The summed E-state index contributed by atoms with van der Waals surface area (Å²) in [4.78, 5) is 18.6. The number of hydrogen-bond donors (Lipinski definition) is 0. The van der Waals surface area contributed by atoms with Gasteiger partial charge in [-0.15, -0.1) is 0 Å². The molecule has 1 aromatic carbocycles. The van der Waals surface area contributed by atoms with Gasteiger partial charge in [0, 0.05) is 18.8 Å². The van der Waals surface area contributed by atoms with Crippen molar-refractivity contribution in [3.63, 3.8) is 0 Å². The van der Waals surface area contributed by atoms with Crippen molar-refractivity contribution in [3.05, 3.63) is 35.9 Å². The van der Waals surface area contributed by atoms with E-state index in [-0.39, 0.29) is 17.9 Å². The molecule has 5 heteroatoms. The van der Waals surface area contributed by atoms with Crippen LogP contribution in [0.25, 0.3) is 0 Å². The van der Waals surface area contributed by atoms with Crippen molar-refractivity contribution in [1.29, 1.82) is 0 Å². The van der Waals surface area contributed by atoms with Crippen LogP contribution in [0.15, 0.2) is 35.3 Å². The number of benzene rings is 1. The van der Waals surface area contributed by atoms with Gasteiger partial charge in [-0.05, 0) is 12.0 Å². The predicted octanol–water partition coefficient (Wildman–Crippen LogP) is 2.33. The van der Waals surface area contributed by atoms with Crippen LogP contribution in [-0.2, 0) is 9.53 Å². The van der Waals surface area contributed by atoms with E-state index in [0.717, 1.165) is 30.4 Å². The third-order valence-electron chi connectivity index (χ3n) is 3.81. The second-order valence-corrected chi connectivity index (χ2v) is 6.09. The molecule has 2 aliphatic heterocycles. The fourth-order valence-corrected chi connectivity index (χ4v) is 3.80. The highest BCUT2D eigenvalue weighted by molar-refractivity contribution is 8.14. The van der Waals surface area contributed by atoms with Crippen LogP contribution in [0.3, 0.4) is 0 Å². The third kappa shape index (κ3) is 2.68. The summed E-state index contributed by atoms with van der Waals surface area (Å²) in [5.74, 6) is 0.883. The lowest BCUT2D eigenvalue weighted by atomic mass is 10.1. The molecule has 3 rings (SSSR count). The molecule has 1 aromatic rings. The molecule has 0 saturated carbocycles.